The molecule has 2 atom stereocenters. The third-order valence-corrected chi connectivity index (χ3v) is 17.4. The van der Waals surface area contributed by atoms with Crippen molar-refractivity contribution in [1.82, 2.24) is 44.4 Å². The molecule has 4 amide bonds. The van der Waals surface area contributed by atoms with Crippen LogP contribution in [0.2, 0.25) is 0 Å². The number of carbonyl (C=O) groups is 4. The molecule has 9 aromatic rings. The smallest absolute Gasteiger partial charge is 0.338 e. The number of aromatic nitrogens is 3. The number of rotatable bonds is 21. The Morgan fingerprint density at radius 2 is 0.804 bits per heavy atom. The number of hydrogen-bond acceptors (Lipinski definition) is 9. The first-order valence-corrected chi connectivity index (χ1v) is 32.6. The highest BCUT2D eigenvalue weighted by molar-refractivity contribution is 9.10. The second kappa shape index (κ2) is 33.7. The molecule has 0 aliphatic carbocycles. The Morgan fingerprint density at radius 3 is 1.15 bits per heavy atom. The van der Waals surface area contributed by atoms with Crippen molar-refractivity contribution < 1.29 is 45.5 Å². The quantitative estimate of drug-likeness (QED) is 0.0393. The van der Waals surface area contributed by atoms with Crippen molar-refractivity contribution in [2.24, 2.45) is 0 Å². The fourth-order valence-corrected chi connectivity index (χ4v) is 11.8. The van der Waals surface area contributed by atoms with E-state index in [1.807, 2.05) is 137 Å². The number of carbonyl (C=O) groups excluding carboxylic acids is 4. The number of piperazine rings is 2. The molecule has 0 unspecified atom stereocenters. The summed E-state index contributed by atoms with van der Waals surface area (Å²) in [5, 5.41) is 0. The van der Waals surface area contributed by atoms with Gasteiger partial charge in [0.2, 0.25) is 23.6 Å². The minimum absolute atomic E-state index is 0.0943. The van der Waals surface area contributed by atoms with Crippen molar-refractivity contribution in [2.75, 3.05) is 52.4 Å². The van der Waals surface area contributed by atoms with Crippen molar-refractivity contribution in [3.8, 4) is 11.3 Å². The highest BCUT2D eigenvalue weighted by Crippen LogP contribution is 2.31. The fraction of sp³-hybridized carbons (Fsp3) is 0.234. The Labute approximate surface area is 569 Å². The molecule has 20 heteroatoms. The molecule has 0 spiro atoms. The number of benzene rings is 6. The van der Waals surface area contributed by atoms with E-state index in [1.54, 1.807) is 35.8 Å². The summed E-state index contributed by atoms with van der Waals surface area (Å²) in [6, 6.07) is 58.1. The first-order valence-electron chi connectivity index (χ1n) is 31.8. The molecule has 6 aromatic carbocycles. The van der Waals surface area contributed by atoms with E-state index >= 15 is 0 Å². The van der Waals surface area contributed by atoms with Crippen molar-refractivity contribution in [3.05, 3.63) is 303 Å². The summed E-state index contributed by atoms with van der Waals surface area (Å²) in [6.07, 6.45) is 3.99. The number of nitrogens with zero attached hydrogens (tertiary/aromatic N) is 9. The average molecular weight is 1380 g/mol. The summed E-state index contributed by atoms with van der Waals surface area (Å²) in [7, 11) is 0. The van der Waals surface area contributed by atoms with Crippen LogP contribution in [0.3, 0.4) is 0 Å². The third-order valence-electron chi connectivity index (χ3n) is 16.9. The van der Waals surface area contributed by atoms with Gasteiger partial charge in [0.05, 0.1) is 16.8 Å². The second-order valence-electron chi connectivity index (χ2n) is 23.7. The molecule has 0 saturated carbocycles. The third kappa shape index (κ3) is 20.6. The topological polar surface area (TPSA) is 126 Å². The van der Waals surface area contributed by atoms with Gasteiger partial charge in [0, 0.05) is 134 Å². The largest absolute Gasteiger partial charge is 0.416 e. The first-order chi connectivity index (χ1) is 46.9. The van der Waals surface area contributed by atoms with Crippen molar-refractivity contribution >= 4 is 51.7 Å². The molecule has 2 aliphatic rings. The van der Waals surface area contributed by atoms with E-state index in [4.69, 9.17) is 0 Å². The molecule has 13 nitrogen and oxygen atoms in total. The van der Waals surface area contributed by atoms with Crippen molar-refractivity contribution in [1.29, 1.82) is 0 Å². The zero-order chi connectivity index (χ0) is 68.2. The molecule has 11 rings (SSSR count). The van der Waals surface area contributed by atoms with E-state index in [0.29, 0.717) is 74.5 Å². The molecule has 3 aromatic heterocycles. The lowest BCUT2D eigenvalue weighted by atomic mass is 10.0. The van der Waals surface area contributed by atoms with E-state index in [2.05, 4.69) is 64.9 Å². The molecular weight excluding hydrogens is 1310 g/mol. The summed E-state index contributed by atoms with van der Waals surface area (Å²) in [6.45, 7) is 6.69. The number of amides is 4. The van der Waals surface area contributed by atoms with Gasteiger partial charge < -0.3 is 19.6 Å². The van der Waals surface area contributed by atoms with Crippen LogP contribution >= 0.6 is 15.9 Å². The lowest BCUT2D eigenvalue weighted by molar-refractivity contribution is -0.145. The zero-order valence-corrected chi connectivity index (χ0v) is 54.7. The molecule has 0 radical (unpaired) electrons. The molecular formula is C77H72BrF6N9O4. The number of hydrogen-bond donors (Lipinski definition) is 0. The van der Waals surface area contributed by atoms with Gasteiger partial charge in [-0.2, -0.15) is 26.3 Å². The highest BCUT2D eigenvalue weighted by Gasteiger charge is 2.37. The molecule has 2 saturated heterocycles. The van der Waals surface area contributed by atoms with Gasteiger partial charge in [-0.1, -0.05) is 158 Å². The van der Waals surface area contributed by atoms with Gasteiger partial charge in [-0.3, -0.25) is 38.9 Å². The number of alkyl halides is 6. The molecule has 498 valence electrons. The Bertz CT molecular complexity index is 4030. The normalized spacial score (nSPS) is 14.5. The zero-order valence-electron chi connectivity index (χ0n) is 53.1. The van der Waals surface area contributed by atoms with Crippen LogP contribution in [0.5, 0.6) is 0 Å². The van der Waals surface area contributed by atoms with E-state index in [0.717, 1.165) is 70.9 Å². The molecule has 2 aliphatic heterocycles. The van der Waals surface area contributed by atoms with Crippen LogP contribution in [0.4, 0.5) is 26.3 Å². The van der Waals surface area contributed by atoms with E-state index in [1.165, 1.54) is 64.6 Å². The Hall–Kier alpha value is -9.89. The first kappa shape index (κ1) is 69.9. The van der Waals surface area contributed by atoms with Gasteiger partial charge in [-0.15, -0.1) is 0 Å². The van der Waals surface area contributed by atoms with Gasteiger partial charge >= 0.3 is 12.4 Å². The predicted molar refractivity (Wildman–Crippen MR) is 366 cm³/mol. The van der Waals surface area contributed by atoms with Crippen molar-refractivity contribution in [3.63, 3.8) is 0 Å². The maximum absolute atomic E-state index is 14.5. The summed E-state index contributed by atoms with van der Waals surface area (Å²) in [5.41, 5.74) is 6.65. The maximum Gasteiger partial charge on any atom is 0.416 e. The van der Waals surface area contributed by atoms with Crippen LogP contribution in [0.25, 0.3) is 23.4 Å². The summed E-state index contributed by atoms with van der Waals surface area (Å²) >= 11 is 3.34. The SMILES string of the molecule is O=C([C@H](Cc1ccccc1)N(Cc1ccc(-c2ccncc2)nc1)C(=O)/C=C/c1ccc(C(F)(F)F)cc1)N1CCN(Cc2ccccc2)CC1.O=C([C@H](Cc1ccccc1)N(Cc1ccc(Br)nc1)C(=O)/C=C/c1ccc(C(F)(F)F)cc1)N1CCN(Cc2ccccc2)CC1. The van der Waals surface area contributed by atoms with Crippen LogP contribution < -0.4 is 0 Å². The highest BCUT2D eigenvalue weighted by atomic mass is 79.9. The van der Waals surface area contributed by atoms with Gasteiger partial charge in [-0.05, 0) is 121 Å². The molecule has 2 fully saturated rings. The van der Waals surface area contributed by atoms with Gasteiger partial charge in [0.25, 0.3) is 0 Å². The minimum Gasteiger partial charge on any atom is -0.338 e. The Balaban J connectivity index is 0.000000212. The van der Waals surface area contributed by atoms with Crippen LogP contribution in [-0.2, 0) is 70.6 Å². The summed E-state index contributed by atoms with van der Waals surface area (Å²) < 4.78 is 79.3. The maximum atomic E-state index is 14.5. The standard InChI is InChI=1S/C41H38F3N5O2.C36H34BrF3N4O2/c42-41(43,44)36-15-11-31(12-16-36)14-18-39(50)49(30-34-13-17-37(46-28-34)35-19-21-45-22-20-35)38(27-32-7-3-1-4-8-32)40(51)48-25-23-47(24-26-48)29-33-9-5-2-6-10-33;37-33-17-13-30(24-41-33)26-44(34(45)18-14-27-11-15-31(16-12-27)36(38,39)40)32(23-28-7-3-1-4-8-28)35(46)43-21-19-42(20-22-43)25-29-9-5-2-6-10-29/h1-22,28,38H,23-27,29-30H2;1-18,24,32H,19-23,25-26H2/b2*18-14+/t38-;32-/m00/s1. The van der Waals surface area contributed by atoms with E-state index in [9.17, 15) is 45.5 Å². The molecule has 0 bridgehead atoms. The second-order valence-corrected chi connectivity index (χ2v) is 24.5. The monoisotopic (exact) mass is 1380 g/mol. The number of halogens is 7. The van der Waals surface area contributed by atoms with Crippen LogP contribution in [0, 0.1) is 0 Å². The van der Waals surface area contributed by atoms with Crippen LogP contribution in [0.1, 0.15) is 55.6 Å². The lowest BCUT2D eigenvalue weighted by Crippen LogP contribution is -2.56. The van der Waals surface area contributed by atoms with Crippen LogP contribution in [-0.4, -0.2) is 132 Å². The lowest BCUT2D eigenvalue weighted by Gasteiger charge is -2.39. The van der Waals surface area contributed by atoms with Crippen molar-refractivity contribution in [2.45, 2.75) is 63.5 Å². The average Bonchev–Trinajstić information content (AvgIpc) is 0.837. The molecule has 0 N–H and O–H groups in total. The minimum atomic E-state index is -4.46. The Kier molecular flexibility index (Phi) is 24.3. The fourth-order valence-electron chi connectivity index (χ4n) is 11.6. The van der Waals surface area contributed by atoms with Gasteiger partial charge in [-0.25, -0.2) is 4.98 Å². The van der Waals surface area contributed by atoms with E-state index < -0.39 is 47.4 Å². The van der Waals surface area contributed by atoms with Gasteiger partial charge in [0.1, 0.15) is 16.7 Å². The van der Waals surface area contributed by atoms with Gasteiger partial charge in [0.15, 0.2) is 0 Å². The summed E-state index contributed by atoms with van der Waals surface area (Å²) in [5.74, 6) is -1.18. The summed E-state index contributed by atoms with van der Waals surface area (Å²) in [4.78, 5) is 81.3. The van der Waals surface area contributed by atoms with Crippen LogP contribution in [0.15, 0.2) is 248 Å². The van der Waals surface area contributed by atoms with E-state index in [-0.39, 0.29) is 31.3 Å². The molecule has 5 heterocycles. The predicted octanol–water partition coefficient (Wildman–Crippen LogP) is 14.0. The molecule has 97 heavy (non-hydrogen) atoms. The Morgan fingerprint density at radius 1 is 0.433 bits per heavy atom. The number of pyridine rings is 3.